The zero-order chi connectivity index (χ0) is 23.6. The highest BCUT2D eigenvalue weighted by molar-refractivity contribution is 6.30. The van der Waals surface area contributed by atoms with Gasteiger partial charge in [0.2, 0.25) is 0 Å². The molecule has 0 bridgehead atoms. The number of hydrogen-bond acceptors (Lipinski definition) is 4. The number of ether oxygens (including phenoxy) is 2. The molecule has 0 saturated carbocycles. The first-order chi connectivity index (χ1) is 16.7. The molecule has 0 spiro atoms. The molecule has 0 unspecified atom stereocenters. The lowest BCUT2D eigenvalue weighted by Gasteiger charge is -2.07. The van der Waals surface area contributed by atoms with Gasteiger partial charge in [0.05, 0.1) is 6.21 Å². The van der Waals surface area contributed by atoms with Crippen LogP contribution in [0.2, 0.25) is 5.02 Å². The summed E-state index contributed by atoms with van der Waals surface area (Å²) in [5, 5.41) is 4.73. The second-order valence-electron chi connectivity index (χ2n) is 7.48. The second-order valence-corrected chi connectivity index (χ2v) is 7.92. The fourth-order valence-electron chi connectivity index (χ4n) is 3.07. The van der Waals surface area contributed by atoms with Gasteiger partial charge in [0.1, 0.15) is 24.7 Å². The van der Waals surface area contributed by atoms with Crippen molar-refractivity contribution in [2.45, 2.75) is 13.2 Å². The summed E-state index contributed by atoms with van der Waals surface area (Å²) in [5.41, 5.74) is 5.99. The molecule has 0 heterocycles. The van der Waals surface area contributed by atoms with E-state index in [1.54, 1.807) is 30.5 Å². The van der Waals surface area contributed by atoms with Gasteiger partial charge in [-0.15, -0.1) is 0 Å². The standard InChI is InChI=1S/C28H23ClN2O3/c29-25-12-6-23(7-13-25)20-34-27-16-10-24(11-17-27)28(32)31-30-18-21-8-14-26(15-9-21)33-19-22-4-2-1-3-5-22/h1-18H,19-20H2,(H,31,32). The number of carbonyl (C=O) groups is 1. The van der Waals surface area contributed by atoms with Gasteiger partial charge in [0.25, 0.3) is 5.91 Å². The largest absolute Gasteiger partial charge is 0.489 e. The fraction of sp³-hybridized carbons (Fsp3) is 0.0714. The summed E-state index contributed by atoms with van der Waals surface area (Å²) < 4.78 is 11.5. The molecule has 34 heavy (non-hydrogen) atoms. The normalized spacial score (nSPS) is 10.7. The summed E-state index contributed by atoms with van der Waals surface area (Å²) >= 11 is 5.89. The Labute approximate surface area is 203 Å². The summed E-state index contributed by atoms with van der Waals surface area (Å²) in [6.07, 6.45) is 1.59. The Morgan fingerprint density at radius 3 is 1.91 bits per heavy atom. The smallest absolute Gasteiger partial charge is 0.271 e. The lowest BCUT2D eigenvalue weighted by atomic mass is 10.2. The Kier molecular flexibility index (Phi) is 7.93. The van der Waals surface area contributed by atoms with Crippen molar-refractivity contribution in [3.05, 3.63) is 130 Å². The lowest BCUT2D eigenvalue weighted by Crippen LogP contribution is -2.17. The van der Waals surface area contributed by atoms with Gasteiger partial charge >= 0.3 is 0 Å². The van der Waals surface area contributed by atoms with Gasteiger partial charge in [-0.3, -0.25) is 4.79 Å². The first kappa shape index (κ1) is 23.1. The zero-order valence-electron chi connectivity index (χ0n) is 18.4. The average Bonchev–Trinajstić information content (AvgIpc) is 2.89. The molecule has 4 aromatic rings. The minimum Gasteiger partial charge on any atom is -0.489 e. The Morgan fingerprint density at radius 2 is 1.29 bits per heavy atom. The number of nitrogens with one attached hydrogen (secondary N) is 1. The number of nitrogens with zero attached hydrogens (tertiary/aromatic N) is 1. The van der Waals surface area contributed by atoms with Crippen LogP contribution >= 0.6 is 11.6 Å². The maximum Gasteiger partial charge on any atom is 0.271 e. The molecule has 0 fully saturated rings. The van der Waals surface area contributed by atoms with Crippen LogP contribution in [0.25, 0.3) is 0 Å². The Hall–Kier alpha value is -4.09. The van der Waals surface area contributed by atoms with Crippen LogP contribution in [0.1, 0.15) is 27.0 Å². The van der Waals surface area contributed by atoms with E-state index in [9.17, 15) is 4.79 Å². The van der Waals surface area contributed by atoms with E-state index < -0.39 is 0 Å². The molecule has 1 N–H and O–H groups in total. The lowest BCUT2D eigenvalue weighted by molar-refractivity contribution is 0.0955. The summed E-state index contributed by atoms with van der Waals surface area (Å²) in [7, 11) is 0. The summed E-state index contributed by atoms with van der Waals surface area (Å²) in [6.45, 7) is 0.929. The van der Waals surface area contributed by atoms with E-state index in [4.69, 9.17) is 21.1 Å². The highest BCUT2D eigenvalue weighted by Gasteiger charge is 2.05. The maximum atomic E-state index is 12.3. The van der Waals surface area contributed by atoms with Crippen molar-refractivity contribution in [3.63, 3.8) is 0 Å². The number of benzene rings is 4. The van der Waals surface area contributed by atoms with Crippen LogP contribution in [0.3, 0.4) is 0 Å². The highest BCUT2D eigenvalue weighted by Crippen LogP contribution is 2.16. The number of rotatable bonds is 9. The first-order valence-electron chi connectivity index (χ1n) is 10.7. The molecule has 0 radical (unpaired) electrons. The van der Waals surface area contributed by atoms with Crippen LogP contribution in [0.15, 0.2) is 108 Å². The van der Waals surface area contributed by atoms with E-state index in [2.05, 4.69) is 10.5 Å². The van der Waals surface area contributed by atoms with Gasteiger partial charge in [-0.2, -0.15) is 5.10 Å². The average molecular weight is 471 g/mol. The van der Waals surface area contributed by atoms with E-state index in [0.717, 1.165) is 22.4 Å². The summed E-state index contributed by atoms with van der Waals surface area (Å²) in [5.74, 6) is 1.14. The van der Waals surface area contributed by atoms with Crippen molar-refractivity contribution in [3.8, 4) is 11.5 Å². The molecule has 0 aliphatic carbocycles. The van der Waals surface area contributed by atoms with Crippen molar-refractivity contribution in [2.75, 3.05) is 0 Å². The van der Waals surface area contributed by atoms with E-state index in [0.29, 0.717) is 29.5 Å². The van der Waals surface area contributed by atoms with Crippen LogP contribution < -0.4 is 14.9 Å². The summed E-state index contributed by atoms with van der Waals surface area (Å²) in [4.78, 5) is 12.3. The Bertz CT molecular complexity index is 1220. The third kappa shape index (κ3) is 6.95. The van der Waals surface area contributed by atoms with E-state index in [1.807, 2.05) is 78.9 Å². The maximum absolute atomic E-state index is 12.3. The van der Waals surface area contributed by atoms with Crippen LogP contribution in [0.4, 0.5) is 0 Å². The Balaban J connectivity index is 1.23. The number of carbonyl (C=O) groups excluding carboxylic acids is 1. The van der Waals surface area contributed by atoms with E-state index in [-0.39, 0.29) is 5.91 Å². The minimum absolute atomic E-state index is 0.302. The first-order valence-corrected chi connectivity index (χ1v) is 11.1. The number of hydrazone groups is 1. The van der Waals surface area contributed by atoms with Gasteiger partial charge in [-0.1, -0.05) is 54.1 Å². The van der Waals surface area contributed by atoms with Crippen molar-refractivity contribution in [2.24, 2.45) is 5.10 Å². The SMILES string of the molecule is O=C(NN=Cc1ccc(OCc2ccccc2)cc1)c1ccc(OCc2ccc(Cl)cc2)cc1. The predicted molar refractivity (Wildman–Crippen MR) is 135 cm³/mol. The second kappa shape index (κ2) is 11.7. The minimum atomic E-state index is -0.302. The third-order valence-electron chi connectivity index (χ3n) is 4.94. The van der Waals surface area contributed by atoms with Crippen molar-refractivity contribution in [1.82, 2.24) is 5.43 Å². The molecule has 0 aromatic heterocycles. The van der Waals surface area contributed by atoms with Gasteiger partial charge in [-0.05, 0) is 77.4 Å². The molecule has 170 valence electrons. The van der Waals surface area contributed by atoms with Crippen LogP contribution in [-0.4, -0.2) is 12.1 Å². The fourth-order valence-corrected chi connectivity index (χ4v) is 3.20. The quantitative estimate of drug-likeness (QED) is 0.232. The third-order valence-corrected chi connectivity index (χ3v) is 5.20. The number of amides is 1. The number of hydrogen-bond donors (Lipinski definition) is 1. The van der Waals surface area contributed by atoms with Crippen LogP contribution in [0, 0.1) is 0 Å². The predicted octanol–water partition coefficient (Wildman–Crippen LogP) is 6.26. The molecule has 1 amide bonds. The Morgan fingerprint density at radius 1 is 0.735 bits per heavy atom. The molecular weight excluding hydrogens is 448 g/mol. The van der Waals surface area contributed by atoms with Crippen molar-refractivity contribution < 1.29 is 14.3 Å². The topological polar surface area (TPSA) is 59.9 Å². The molecule has 4 aromatic carbocycles. The van der Waals surface area contributed by atoms with E-state index in [1.165, 1.54) is 0 Å². The van der Waals surface area contributed by atoms with Gasteiger partial charge < -0.3 is 9.47 Å². The molecular formula is C28H23ClN2O3. The van der Waals surface area contributed by atoms with Crippen molar-refractivity contribution >= 4 is 23.7 Å². The molecule has 0 aliphatic heterocycles. The van der Waals surface area contributed by atoms with Gasteiger partial charge in [-0.25, -0.2) is 5.43 Å². The molecule has 6 heteroatoms. The van der Waals surface area contributed by atoms with Gasteiger partial charge in [0, 0.05) is 10.6 Å². The monoisotopic (exact) mass is 470 g/mol. The molecule has 0 aliphatic rings. The molecule has 0 atom stereocenters. The van der Waals surface area contributed by atoms with E-state index >= 15 is 0 Å². The van der Waals surface area contributed by atoms with Crippen LogP contribution in [0.5, 0.6) is 11.5 Å². The highest BCUT2D eigenvalue weighted by atomic mass is 35.5. The van der Waals surface area contributed by atoms with Crippen LogP contribution in [-0.2, 0) is 13.2 Å². The zero-order valence-corrected chi connectivity index (χ0v) is 19.1. The van der Waals surface area contributed by atoms with Gasteiger partial charge in [0.15, 0.2) is 0 Å². The number of halogens is 1. The summed E-state index contributed by atoms with van der Waals surface area (Å²) in [6, 6.07) is 31.8. The molecule has 4 rings (SSSR count). The molecule has 0 saturated heterocycles. The molecule has 5 nitrogen and oxygen atoms in total. The van der Waals surface area contributed by atoms with Crippen molar-refractivity contribution in [1.29, 1.82) is 0 Å².